The number of carbonyl (C=O) groups excluding carboxylic acids is 1. The maximum Gasteiger partial charge on any atom is 0.234 e. The molecule has 0 atom stereocenters. The fourth-order valence-corrected chi connectivity index (χ4v) is 3.86. The summed E-state index contributed by atoms with van der Waals surface area (Å²) in [5.41, 5.74) is 4.00. The normalized spacial score (nSPS) is 11.1. The number of halogens is 2. The van der Waals surface area contributed by atoms with Gasteiger partial charge in [-0.2, -0.15) is 5.10 Å². The first-order valence-electron chi connectivity index (χ1n) is 10.2. The third kappa shape index (κ3) is 4.47. The second-order valence-electron chi connectivity index (χ2n) is 7.51. The number of nitrogens with one attached hydrogen (secondary N) is 1. The number of anilines is 1. The summed E-state index contributed by atoms with van der Waals surface area (Å²) < 4.78 is 15.2. The van der Waals surface area contributed by atoms with Gasteiger partial charge in [0.05, 0.1) is 19.2 Å². The van der Waals surface area contributed by atoms with E-state index in [-0.39, 0.29) is 12.3 Å². The topological polar surface area (TPSA) is 79.2 Å². The molecule has 0 aliphatic heterocycles. The highest BCUT2D eigenvalue weighted by Gasteiger charge is 2.20. The number of hydrogen-bond donors (Lipinski definition) is 1. The lowest BCUT2D eigenvalue weighted by Crippen LogP contribution is -2.32. The summed E-state index contributed by atoms with van der Waals surface area (Å²) >= 11 is 6.16. The molecule has 9 heteroatoms. The van der Waals surface area contributed by atoms with Crippen LogP contribution in [-0.4, -0.2) is 30.7 Å². The van der Waals surface area contributed by atoms with Crippen LogP contribution in [0, 0.1) is 5.82 Å². The van der Waals surface area contributed by atoms with E-state index in [1.807, 2.05) is 42.5 Å². The lowest BCUT2D eigenvalue weighted by Gasteiger charge is -2.23. The van der Waals surface area contributed by atoms with Crippen molar-refractivity contribution in [3.8, 4) is 11.1 Å². The van der Waals surface area contributed by atoms with Crippen LogP contribution in [0.25, 0.3) is 16.8 Å². The Labute approximate surface area is 193 Å². The third-order valence-electron chi connectivity index (χ3n) is 5.29. The molecule has 1 N–H and O–H groups in total. The Bertz CT molecular complexity index is 1410. The van der Waals surface area contributed by atoms with Crippen molar-refractivity contribution < 1.29 is 9.18 Å². The highest BCUT2D eigenvalue weighted by molar-refractivity contribution is 6.30. The molecule has 3 heterocycles. The van der Waals surface area contributed by atoms with E-state index in [1.165, 1.54) is 22.7 Å². The summed E-state index contributed by atoms with van der Waals surface area (Å²) in [7, 11) is 0. The Balaban J connectivity index is 1.47. The van der Waals surface area contributed by atoms with Crippen molar-refractivity contribution in [1.29, 1.82) is 0 Å². The van der Waals surface area contributed by atoms with E-state index >= 15 is 0 Å². The monoisotopic (exact) mass is 460 g/mol. The minimum Gasteiger partial charge on any atom is -0.308 e. The number of amides is 1. The highest BCUT2D eigenvalue weighted by Crippen LogP contribution is 2.25. The van der Waals surface area contributed by atoms with Crippen molar-refractivity contribution in [2.24, 2.45) is 0 Å². The summed E-state index contributed by atoms with van der Waals surface area (Å²) in [5.74, 6) is -0.271. The lowest BCUT2D eigenvalue weighted by molar-refractivity contribution is -0.118. The van der Waals surface area contributed by atoms with Crippen molar-refractivity contribution in [2.75, 3.05) is 4.90 Å². The maximum absolute atomic E-state index is 13.7. The predicted octanol–water partition coefficient (Wildman–Crippen LogP) is 4.69. The largest absolute Gasteiger partial charge is 0.308 e. The number of aromatic amines is 1. The second kappa shape index (κ2) is 8.84. The standard InChI is InChI=1S/C24H18ClFN6O/c25-19-3-1-2-16(10-19)14-31(21-7-4-17(5-8-21)18-12-27-28-13-18)24(33)11-23-30-29-22-9-6-20(26)15-32(22)23/h1-10,12-13,15H,11,14H2,(H,27,28). The van der Waals surface area contributed by atoms with Gasteiger partial charge in [-0.3, -0.25) is 14.3 Å². The fourth-order valence-electron chi connectivity index (χ4n) is 3.65. The molecule has 5 rings (SSSR count). The predicted molar refractivity (Wildman–Crippen MR) is 123 cm³/mol. The molecule has 5 aromatic rings. The summed E-state index contributed by atoms with van der Waals surface area (Å²) in [4.78, 5) is 15.1. The Morgan fingerprint density at radius 1 is 1.06 bits per heavy atom. The molecule has 164 valence electrons. The third-order valence-corrected chi connectivity index (χ3v) is 5.52. The molecule has 0 fully saturated rings. The van der Waals surface area contributed by atoms with E-state index in [0.29, 0.717) is 28.7 Å². The van der Waals surface area contributed by atoms with Gasteiger partial charge in [-0.15, -0.1) is 10.2 Å². The number of nitrogens with zero attached hydrogens (tertiary/aromatic N) is 5. The lowest BCUT2D eigenvalue weighted by atomic mass is 10.1. The zero-order valence-corrected chi connectivity index (χ0v) is 18.1. The van der Waals surface area contributed by atoms with Gasteiger partial charge >= 0.3 is 0 Å². The van der Waals surface area contributed by atoms with Gasteiger partial charge < -0.3 is 4.90 Å². The first kappa shape index (κ1) is 20.8. The Hall–Kier alpha value is -4.04. The van der Waals surface area contributed by atoms with Gasteiger partial charge in [0.15, 0.2) is 5.65 Å². The Morgan fingerprint density at radius 3 is 2.67 bits per heavy atom. The van der Waals surface area contributed by atoms with Crippen molar-refractivity contribution in [2.45, 2.75) is 13.0 Å². The molecule has 0 saturated carbocycles. The molecule has 33 heavy (non-hydrogen) atoms. The van der Waals surface area contributed by atoms with Crippen molar-refractivity contribution >= 4 is 28.8 Å². The quantitative estimate of drug-likeness (QED) is 0.399. The van der Waals surface area contributed by atoms with Crippen LogP contribution < -0.4 is 4.90 Å². The SMILES string of the molecule is O=C(Cc1nnc2ccc(F)cn12)N(Cc1cccc(Cl)c1)c1ccc(-c2cn[nH]c2)cc1. The van der Waals surface area contributed by atoms with Gasteiger partial charge in [0, 0.05) is 28.7 Å². The summed E-state index contributed by atoms with van der Waals surface area (Å²) in [6.45, 7) is 0.315. The van der Waals surface area contributed by atoms with Gasteiger partial charge in [0.25, 0.3) is 0 Å². The molecule has 0 unspecified atom stereocenters. The van der Waals surface area contributed by atoms with Crippen molar-refractivity contribution in [3.05, 3.63) is 101 Å². The number of H-pyrrole nitrogens is 1. The fraction of sp³-hybridized carbons (Fsp3) is 0.0833. The van der Waals surface area contributed by atoms with Gasteiger partial charge in [0.1, 0.15) is 11.6 Å². The van der Waals surface area contributed by atoms with Gasteiger partial charge in [-0.25, -0.2) is 4.39 Å². The van der Waals surface area contributed by atoms with Gasteiger partial charge in [0.2, 0.25) is 5.91 Å². The summed E-state index contributed by atoms with van der Waals surface area (Å²) in [6, 6.07) is 17.8. The van der Waals surface area contributed by atoms with Crippen molar-refractivity contribution in [1.82, 2.24) is 24.8 Å². The second-order valence-corrected chi connectivity index (χ2v) is 7.95. The molecule has 0 bridgehead atoms. The van der Waals surface area contributed by atoms with E-state index in [0.717, 1.165) is 16.7 Å². The molecular weight excluding hydrogens is 443 g/mol. The molecule has 0 spiro atoms. The van der Waals surface area contributed by atoms with Gasteiger partial charge in [-0.05, 0) is 47.5 Å². The number of aromatic nitrogens is 5. The average molecular weight is 461 g/mol. The van der Waals surface area contributed by atoms with E-state index < -0.39 is 5.82 Å². The molecule has 2 aromatic carbocycles. The first-order chi connectivity index (χ1) is 16.1. The number of carbonyl (C=O) groups is 1. The molecule has 1 amide bonds. The average Bonchev–Trinajstić information content (AvgIpc) is 3.48. The van der Waals surface area contributed by atoms with Crippen LogP contribution in [0.1, 0.15) is 11.4 Å². The maximum atomic E-state index is 13.7. The number of rotatable bonds is 6. The van der Waals surface area contributed by atoms with Crippen molar-refractivity contribution in [3.63, 3.8) is 0 Å². The zero-order chi connectivity index (χ0) is 22.8. The summed E-state index contributed by atoms with van der Waals surface area (Å²) in [6.07, 6.45) is 4.77. The van der Waals surface area contributed by atoms with Crippen LogP contribution in [0.5, 0.6) is 0 Å². The smallest absolute Gasteiger partial charge is 0.234 e. The number of hydrogen-bond acceptors (Lipinski definition) is 4. The summed E-state index contributed by atoms with van der Waals surface area (Å²) in [5, 5.41) is 15.5. The van der Waals surface area contributed by atoms with E-state index in [1.54, 1.807) is 23.4 Å². The minimum absolute atomic E-state index is 0.0470. The van der Waals surface area contributed by atoms with Crippen LogP contribution in [0.2, 0.25) is 5.02 Å². The zero-order valence-electron chi connectivity index (χ0n) is 17.3. The molecule has 0 aliphatic carbocycles. The van der Waals surface area contributed by atoms with Crippen LogP contribution in [-0.2, 0) is 17.8 Å². The van der Waals surface area contributed by atoms with E-state index in [4.69, 9.17) is 11.6 Å². The molecule has 0 aliphatic rings. The molecular formula is C24H18ClFN6O. The minimum atomic E-state index is -0.429. The molecule has 3 aromatic heterocycles. The van der Waals surface area contributed by atoms with Gasteiger partial charge in [-0.1, -0.05) is 35.9 Å². The Kier molecular flexibility index (Phi) is 5.58. The molecule has 0 saturated heterocycles. The van der Waals surface area contributed by atoms with Crippen LogP contribution in [0.3, 0.4) is 0 Å². The van der Waals surface area contributed by atoms with E-state index in [9.17, 15) is 9.18 Å². The van der Waals surface area contributed by atoms with Crippen LogP contribution >= 0.6 is 11.6 Å². The molecule has 7 nitrogen and oxygen atoms in total. The molecule has 0 radical (unpaired) electrons. The number of fused-ring (bicyclic) bond motifs is 1. The van der Waals surface area contributed by atoms with Crippen LogP contribution in [0.15, 0.2) is 79.3 Å². The Morgan fingerprint density at radius 2 is 1.91 bits per heavy atom. The highest BCUT2D eigenvalue weighted by atomic mass is 35.5. The first-order valence-corrected chi connectivity index (χ1v) is 10.6. The number of benzene rings is 2. The van der Waals surface area contributed by atoms with E-state index in [2.05, 4.69) is 20.4 Å². The van der Waals surface area contributed by atoms with Crippen LogP contribution in [0.4, 0.5) is 10.1 Å². The number of pyridine rings is 1.